The van der Waals surface area contributed by atoms with E-state index in [0.717, 1.165) is 0 Å². The van der Waals surface area contributed by atoms with Crippen LogP contribution >= 0.6 is 31.9 Å². The highest BCUT2D eigenvalue weighted by atomic mass is 79.9. The fourth-order valence-electron chi connectivity index (χ4n) is 1.73. The van der Waals surface area contributed by atoms with Gasteiger partial charge in [-0.1, -0.05) is 0 Å². The largest absolute Gasteiger partial charge is 0.494 e. The molecule has 2 aromatic carbocycles. The molecule has 0 saturated heterocycles. The van der Waals surface area contributed by atoms with Crippen LogP contribution in [-0.2, 0) is 0 Å². The maximum atomic E-state index is 13.5. The highest BCUT2D eigenvalue weighted by Gasteiger charge is 2.14. The third-order valence-electron chi connectivity index (χ3n) is 2.68. The van der Waals surface area contributed by atoms with Gasteiger partial charge in [-0.3, -0.25) is 4.79 Å². The lowest BCUT2D eigenvalue weighted by Crippen LogP contribution is -2.03. The van der Waals surface area contributed by atoms with E-state index < -0.39 is 5.82 Å². The Hall–Kier alpha value is -1.20. The number of hydrogen-bond donors (Lipinski definition) is 0. The molecule has 20 heavy (non-hydrogen) atoms. The van der Waals surface area contributed by atoms with Crippen LogP contribution in [0.4, 0.5) is 4.39 Å². The van der Waals surface area contributed by atoms with Crippen LogP contribution < -0.4 is 4.74 Å². The van der Waals surface area contributed by atoms with Crippen molar-refractivity contribution in [1.29, 1.82) is 0 Å². The molecule has 0 saturated carbocycles. The van der Waals surface area contributed by atoms with Crippen molar-refractivity contribution >= 4 is 37.6 Å². The maximum Gasteiger partial charge on any atom is 0.194 e. The molecule has 0 radical (unpaired) electrons. The van der Waals surface area contributed by atoms with Crippen LogP contribution in [0.15, 0.2) is 45.3 Å². The van der Waals surface area contributed by atoms with Crippen molar-refractivity contribution in [3.05, 3.63) is 62.3 Å². The van der Waals surface area contributed by atoms with Gasteiger partial charge in [0.25, 0.3) is 0 Å². The van der Waals surface area contributed by atoms with E-state index in [4.69, 9.17) is 4.74 Å². The number of carbonyl (C=O) groups excluding carboxylic acids is 1. The number of benzene rings is 2. The first kappa shape index (κ1) is 15.2. The predicted molar refractivity (Wildman–Crippen MR) is 82.8 cm³/mol. The highest BCUT2D eigenvalue weighted by Crippen LogP contribution is 2.26. The molecular formula is C15H11Br2FO2. The third kappa shape index (κ3) is 3.27. The quantitative estimate of drug-likeness (QED) is 0.675. The lowest BCUT2D eigenvalue weighted by Gasteiger charge is -2.08. The first-order valence-corrected chi connectivity index (χ1v) is 7.53. The minimum absolute atomic E-state index is 0.244. The minimum atomic E-state index is -0.460. The van der Waals surface area contributed by atoms with Gasteiger partial charge in [0.2, 0.25) is 0 Å². The topological polar surface area (TPSA) is 26.3 Å². The van der Waals surface area contributed by atoms with Gasteiger partial charge < -0.3 is 4.74 Å². The smallest absolute Gasteiger partial charge is 0.194 e. The lowest BCUT2D eigenvalue weighted by molar-refractivity contribution is 0.103. The van der Waals surface area contributed by atoms with Gasteiger partial charge in [-0.05, 0) is 75.2 Å². The molecule has 0 N–H and O–H groups in total. The van der Waals surface area contributed by atoms with Gasteiger partial charge in [0, 0.05) is 15.6 Å². The standard InChI is InChI=1S/C15H11Br2FO2/c1-2-20-10-4-5-11(13(17)8-10)15(19)9-3-6-12(16)14(18)7-9/h3-8H,2H2,1H3. The van der Waals surface area contributed by atoms with E-state index in [1.807, 2.05) is 6.92 Å². The first-order chi connectivity index (χ1) is 9.52. The van der Waals surface area contributed by atoms with E-state index in [-0.39, 0.29) is 5.78 Å². The molecule has 0 aliphatic heterocycles. The molecule has 0 heterocycles. The molecule has 0 aromatic heterocycles. The maximum absolute atomic E-state index is 13.5. The monoisotopic (exact) mass is 400 g/mol. The van der Waals surface area contributed by atoms with Gasteiger partial charge in [-0.15, -0.1) is 0 Å². The Kier molecular flexibility index (Phi) is 4.94. The summed E-state index contributed by atoms with van der Waals surface area (Å²) < 4.78 is 19.8. The van der Waals surface area contributed by atoms with Crippen molar-refractivity contribution in [2.45, 2.75) is 6.92 Å². The van der Waals surface area contributed by atoms with Crippen LogP contribution in [0, 0.1) is 5.82 Å². The van der Waals surface area contributed by atoms with Crippen LogP contribution in [0.25, 0.3) is 0 Å². The number of rotatable bonds is 4. The Labute approximate surface area is 133 Å². The number of hydrogen-bond acceptors (Lipinski definition) is 2. The summed E-state index contributed by atoms with van der Waals surface area (Å²) in [5.74, 6) is -0.0258. The van der Waals surface area contributed by atoms with Crippen LogP contribution in [0.5, 0.6) is 5.75 Å². The van der Waals surface area contributed by atoms with Gasteiger partial charge in [0.1, 0.15) is 11.6 Å². The lowest BCUT2D eigenvalue weighted by atomic mass is 10.0. The van der Waals surface area contributed by atoms with Gasteiger partial charge in [0.05, 0.1) is 11.1 Å². The van der Waals surface area contributed by atoms with E-state index >= 15 is 0 Å². The molecule has 0 bridgehead atoms. The molecule has 0 spiro atoms. The van der Waals surface area contributed by atoms with Crippen molar-refractivity contribution in [3.8, 4) is 5.75 Å². The first-order valence-electron chi connectivity index (χ1n) is 5.95. The molecule has 2 rings (SSSR count). The zero-order chi connectivity index (χ0) is 14.7. The van der Waals surface area contributed by atoms with Crippen LogP contribution in [0.2, 0.25) is 0 Å². The normalized spacial score (nSPS) is 10.4. The van der Waals surface area contributed by atoms with Crippen LogP contribution in [0.1, 0.15) is 22.8 Å². The zero-order valence-corrected chi connectivity index (χ0v) is 13.8. The Morgan fingerprint density at radius 3 is 2.50 bits per heavy atom. The molecule has 2 aromatic rings. The zero-order valence-electron chi connectivity index (χ0n) is 10.6. The second-order valence-corrected chi connectivity index (χ2v) is 5.74. The molecule has 5 heteroatoms. The average Bonchev–Trinajstić information content (AvgIpc) is 2.42. The third-order valence-corrected chi connectivity index (χ3v) is 3.98. The van der Waals surface area contributed by atoms with E-state index in [9.17, 15) is 9.18 Å². The van der Waals surface area contributed by atoms with Gasteiger partial charge in [-0.25, -0.2) is 4.39 Å². The summed E-state index contributed by atoms with van der Waals surface area (Å²) in [6, 6.07) is 9.43. The second kappa shape index (κ2) is 6.50. The summed E-state index contributed by atoms with van der Waals surface area (Å²) in [4.78, 5) is 12.3. The molecule has 104 valence electrons. The van der Waals surface area contributed by atoms with E-state index in [2.05, 4.69) is 31.9 Å². The average molecular weight is 402 g/mol. The molecule has 0 atom stereocenters. The summed E-state index contributed by atoms with van der Waals surface area (Å²) in [6.45, 7) is 2.44. The molecular weight excluding hydrogens is 391 g/mol. The Morgan fingerprint density at radius 1 is 1.15 bits per heavy atom. The van der Waals surface area contributed by atoms with Crippen molar-refractivity contribution in [2.24, 2.45) is 0 Å². The number of ketones is 1. The summed E-state index contributed by atoms with van der Waals surface area (Å²) in [7, 11) is 0. The summed E-state index contributed by atoms with van der Waals surface area (Å²) in [6.07, 6.45) is 0. The van der Waals surface area contributed by atoms with E-state index in [1.165, 1.54) is 12.1 Å². The van der Waals surface area contributed by atoms with Gasteiger partial charge >= 0.3 is 0 Å². The van der Waals surface area contributed by atoms with Crippen molar-refractivity contribution < 1.29 is 13.9 Å². The fourth-order valence-corrected chi connectivity index (χ4v) is 2.51. The van der Waals surface area contributed by atoms with Crippen LogP contribution in [-0.4, -0.2) is 12.4 Å². The number of carbonyl (C=O) groups is 1. The molecule has 0 aliphatic rings. The molecule has 0 unspecified atom stereocenters. The number of ether oxygens (including phenoxy) is 1. The molecule has 0 amide bonds. The van der Waals surface area contributed by atoms with Gasteiger partial charge in [-0.2, -0.15) is 0 Å². The molecule has 0 fully saturated rings. The Morgan fingerprint density at radius 2 is 1.90 bits per heavy atom. The summed E-state index contributed by atoms with van der Waals surface area (Å²) in [5, 5.41) is 0. The minimum Gasteiger partial charge on any atom is -0.494 e. The molecule has 2 nitrogen and oxygen atoms in total. The highest BCUT2D eigenvalue weighted by molar-refractivity contribution is 9.10. The number of halogens is 3. The SMILES string of the molecule is CCOc1ccc(C(=O)c2ccc(Br)c(F)c2)c(Br)c1. The predicted octanol–water partition coefficient (Wildman–Crippen LogP) is 4.98. The Balaban J connectivity index is 2.35. The molecule has 0 aliphatic carbocycles. The fraction of sp³-hybridized carbons (Fsp3) is 0.133. The summed E-state index contributed by atoms with van der Waals surface area (Å²) in [5.41, 5.74) is 0.769. The van der Waals surface area contributed by atoms with Crippen molar-refractivity contribution in [3.63, 3.8) is 0 Å². The second-order valence-electron chi connectivity index (χ2n) is 4.03. The Bertz CT molecular complexity index is 656. The van der Waals surface area contributed by atoms with Crippen molar-refractivity contribution in [2.75, 3.05) is 6.61 Å². The summed E-state index contributed by atoms with van der Waals surface area (Å²) >= 11 is 6.41. The van der Waals surface area contributed by atoms with Crippen molar-refractivity contribution in [1.82, 2.24) is 0 Å². The van der Waals surface area contributed by atoms with Gasteiger partial charge in [0.15, 0.2) is 5.78 Å². The van der Waals surface area contributed by atoms with E-state index in [0.29, 0.717) is 32.4 Å². The van der Waals surface area contributed by atoms with Crippen LogP contribution in [0.3, 0.4) is 0 Å². The van der Waals surface area contributed by atoms with E-state index in [1.54, 1.807) is 24.3 Å².